The Morgan fingerprint density at radius 3 is 2.67 bits per heavy atom. The average molecular weight is 479 g/mol. The summed E-state index contributed by atoms with van der Waals surface area (Å²) in [4.78, 5) is 18.4. The van der Waals surface area contributed by atoms with E-state index in [9.17, 15) is 5.11 Å². The summed E-state index contributed by atoms with van der Waals surface area (Å²) in [7, 11) is 0. The van der Waals surface area contributed by atoms with Gasteiger partial charge in [-0.05, 0) is 55.1 Å². The second-order valence-corrected chi connectivity index (χ2v) is 10.4. The van der Waals surface area contributed by atoms with Crippen molar-refractivity contribution in [3.05, 3.63) is 52.7 Å². The number of benzene rings is 1. The summed E-state index contributed by atoms with van der Waals surface area (Å²) in [5, 5.41) is 11.9. The van der Waals surface area contributed by atoms with Gasteiger partial charge in [0.05, 0.1) is 16.8 Å². The molecular weight excluding hydrogens is 448 g/mol. The van der Waals surface area contributed by atoms with Crippen LogP contribution in [0.4, 0.5) is 5.82 Å². The Kier molecular flexibility index (Phi) is 6.81. The normalized spacial score (nSPS) is 13.2. The molecule has 1 aliphatic carbocycles. The number of thiophene rings is 1. The topological polar surface area (TPSA) is 62.1 Å². The number of pyridine rings is 1. The molecule has 1 N–H and O–H groups in total. The van der Waals surface area contributed by atoms with Crippen LogP contribution in [0.1, 0.15) is 48.6 Å². The summed E-state index contributed by atoms with van der Waals surface area (Å²) in [6, 6.07) is 10.4. The summed E-state index contributed by atoms with van der Waals surface area (Å²) in [6.07, 6.45) is 8.89. The van der Waals surface area contributed by atoms with Gasteiger partial charge in [0, 0.05) is 24.2 Å². The van der Waals surface area contributed by atoms with Crippen molar-refractivity contribution in [1.29, 1.82) is 0 Å². The molecule has 0 atom stereocenters. The van der Waals surface area contributed by atoms with Crippen LogP contribution in [0.2, 0.25) is 0 Å². The molecule has 5 nitrogen and oxygen atoms in total. The zero-order valence-electron chi connectivity index (χ0n) is 19.3. The van der Waals surface area contributed by atoms with Crippen molar-refractivity contribution >= 4 is 49.3 Å². The first-order chi connectivity index (χ1) is 16.2. The fourth-order valence-corrected chi connectivity index (χ4v) is 6.39. The Balaban J connectivity index is 1.71. The molecule has 0 aliphatic heterocycles. The highest BCUT2D eigenvalue weighted by Gasteiger charge is 2.26. The highest BCUT2D eigenvalue weighted by atomic mass is 32.2. The van der Waals surface area contributed by atoms with Crippen LogP contribution in [0.3, 0.4) is 0 Å². The highest BCUT2D eigenvalue weighted by molar-refractivity contribution is 7.98. The van der Waals surface area contributed by atoms with Crippen LogP contribution < -0.4 is 4.90 Å². The molecule has 3 aromatic heterocycles. The van der Waals surface area contributed by atoms with Crippen molar-refractivity contribution in [3.63, 3.8) is 0 Å². The SMILES string of the molecule is CCCCc1nc2sc3c(N(CCO)Cc4ccccc4)nc(SC)nc3c2c2c1CCC2. The fourth-order valence-electron chi connectivity index (χ4n) is 4.85. The monoisotopic (exact) mass is 478 g/mol. The summed E-state index contributed by atoms with van der Waals surface area (Å²) < 4.78 is 1.08. The molecule has 0 saturated heterocycles. The van der Waals surface area contributed by atoms with E-state index in [1.54, 1.807) is 23.1 Å². The number of hydrogen-bond acceptors (Lipinski definition) is 7. The Morgan fingerprint density at radius 1 is 1.09 bits per heavy atom. The third-order valence-electron chi connectivity index (χ3n) is 6.42. The average Bonchev–Trinajstić information content (AvgIpc) is 3.46. The molecule has 33 heavy (non-hydrogen) atoms. The van der Waals surface area contributed by atoms with Gasteiger partial charge in [-0.2, -0.15) is 0 Å². The van der Waals surface area contributed by atoms with Crippen molar-refractivity contribution in [2.75, 3.05) is 24.3 Å². The molecule has 0 bridgehead atoms. The first-order valence-electron chi connectivity index (χ1n) is 11.8. The largest absolute Gasteiger partial charge is 0.395 e. The van der Waals surface area contributed by atoms with Crippen LogP contribution in [-0.2, 0) is 25.8 Å². The molecule has 0 radical (unpaired) electrons. The Bertz CT molecular complexity index is 1270. The van der Waals surface area contributed by atoms with Crippen molar-refractivity contribution < 1.29 is 5.11 Å². The van der Waals surface area contributed by atoms with E-state index in [4.69, 9.17) is 15.0 Å². The van der Waals surface area contributed by atoms with E-state index in [0.717, 1.165) is 45.3 Å². The quantitative estimate of drug-likeness (QED) is 0.243. The lowest BCUT2D eigenvalue weighted by atomic mass is 10.0. The molecule has 0 unspecified atom stereocenters. The van der Waals surface area contributed by atoms with Crippen molar-refractivity contribution in [2.45, 2.75) is 57.1 Å². The zero-order chi connectivity index (χ0) is 22.8. The minimum absolute atomic E-state index is 0.0760. The number of aryl methyl sites for hydroxylation is 2. The van der Waals surface area contributed by atoms with E-state index in [2.05, 4.69) is 36.1 Å². The van der Waals surface area contributed by atoms with Crippen LogP contribution in [0.25, 0.3) is 20.4 Å². The third kappa shape index (κ3) is 4.34. The number of aromatic nitrogens is 3. The van der Waals surface area contributed by atoms with Crippen LogP contribution in [0.5, 0.6) is 0 Å². The number of unbranched alkanes of at least 4 members (excludes halogenated alkanes) is 1. The molecule has 172 valence electrons. The van der Waals surface area contributed by atoms with Gasteiger partial charge >= 0.3 is 0 Å². The maximum absolute atomic E-state index is 9.86. The maximum atomic E-state index is 9.86. The Labute approximate surface area is 203 Å². The predicted molar refractivity (Wildman–Crippen MR) is 140 cm³/mol. The first kappa shape index (κ1) is 22.6. The molecule has 0 fully saturated rings. The molecule has 4 aromatic rings. The second-order valence-electron chi connectivity index (χ2n) is 8.60. The lowest BCUT2D eigenvalue weighted by Gasteiger charge is -2.23. The number of anilines is 1. The molecule has 1 aromatic carbocycles. The van der Waals surface area contributed by atoms with E-state index >= 15 is 0 Å². The van der Waals surface area contributed by atoms with Crippen molar-refractivity contribution in [2.24, 2.45) is 0 Å². The number of aliphatic hydroxyl groups excluding tert-OH is 1. The molecule has 0 saturated carbocycles. The number of rotatable bonds is 9. The van der Waals surface area contributed by atoms with Crippen LogP contribution in [-0.4, -0.2) is 39.5 Å². The summed E-state index contributed by atoms with van der Waals surface area (Å²) in [5.74, 6) is 0.909. The maximum Gasteiger partial charge on any atom is 0.189 e. The zero-order valence-corrected chi connectivity index (χ0v) is 20.9. The molecule has 3 heterocycles. The van der Waals surface area contributed by atoms with Crippen molar-refractivity contribution in [3.8, 4) is 0 Å². The fraction of sp³-hybridized carbons (Fsp3) is 0.423. The minimum Gasteiger partial charge on any atom is -0.395 e. The first-order valence-corrected chi connectivity index (χ1v) is 13.9. The van der Waals surface area contributed by atoms with E-state index in [1.165, 1.54) is 47.0 Å². The molecule has 7 heteroatoms. The van der Waals surface area contributed by atoms with Gasteiger partial charge in [-0.25, -0.2) is 15.0 Å². The number of fused-ring (bicyclic) bond motifs is 5. The molecule has 1 aliphatic rings. The lowest BCUT2D eigenvalue weighted by Crippen LogP contribution is -2.27. The van der Waals surface area contributed by atoms with Gasteiger partial charge in [-0.3, -0.25) is 0 Å². The van der Waals surface area contributed by atoms with Gasteiger partial charge in [-0.1, -0.05) is 55.4 Å². The Hall–Kier alpha value is -2.22. The highest BCUT2D eigenvalue weighted by Crippen LogP contribution is 2.43. The van der Waals surface area contributed by atoms with Gasteiger partial charge in [0.15, 0.2) is 11.0 Å². The Morgan fingerprint density at radius 2 is 1.91 bits per heavy atom. The third-order valence-corrected chi connectivity index (χ3v) is 8.03. The van der Waals surface area contributed by atoms with Crippen LogP contribution >= 0.6 is 23.1 Å². The standard InChI is InChI=1S/C26H30N4OS2/c1-3-4-13-20-18-11-8-12-19(18)21-22-23(33-25(21)27-20)24(29-26(28-22)32-2)30(14-15-31)16-17-9-6-5-7-10-17/h5-7,9-10,31H,3-4,8,11-16H2,1-2H3. The van der Waals surface area contributed by atoms with Crippen molar-refractivity contribution in [1.82, 2.24) is 15.0 Å². The number of hydrogen-bond donors (Lipinski definition) is 1. The summed E-state index contributed by atoms with van der Waals surface area (Å²) in [5.41, 5.74) is 6.46. The summed E-state index contributed by atoms with van der Waals surface area (Å²) >= 11 is 3.29. The lowest BCUT2D eigenvalue weighted by molar-refractivity contribution is 0.301. The van der Waals surface area contributed by atoms with Gasteiger partial charge < -0.3 is 10.0 Å². The van der Waals surface area contributed by atoms with E-state index in [0.29, 0.717) is 13.1 Å². The van der Waals surface area contributed by atoms with E-state index < -0.39 is 0 Å². The number of aliphatic hydroxyl groups is 1. The van der Waals surface area contributed by atoms with Gasteiger partial charge in [0.2, 0.25) is 0 Å². The predicted octanol–water partition coefficient (Wildman–Crippen LogP) is 5.79. The van der Waals surface area contributed by atoms with Gasteiger partial charge in [0.25, 0.3) is 0 Å². The molecule has 0 spiro atoms. The molecule has 5 rings (SSSR count). The molecular formula is C26H30N4OS2. The van der Waals surface area contributed by atoms with E-state index in [1.807, 2.05) is 12.3 Å². The number of thioether (sulfide) groups is 1. The van der Waals surface area contributed by atoms with Crippen LogP contribution in [0, 0.1) is 0 Å². The smallest absolute Gasteiger partial charge is 0.189 e. The van der Waals surface area contributed by atoms with Gasteiger partial charge in [0.1, 0.15) is 4.83 Å². The number of nitrogens with zero attached hydrogens (tertiary/aromatic N) is 4. The molecule has 0 amide bonds. The van der Waals surface area contributed by atoms with E-state index in [-0.39, 0.29) is 6.61 Å². The summed E-state index contributed by atoms with van der Waals surface area (Å²) in [6.45, 7) is 3.54. The minimum atomic E-state index is 0.0760. The second kappa shape index (κ2) is 9.95. The van der Waals surface area contributed by atoms with Gasteiger partial charge in [-0.15, -0.1) is 11.3 Å². The van der Waals surface area contributed by atoms with Crippen LogP contribution in [0.15, 0.2) is 35.5 Å².